The van der Waals surface area contributed by atoms with Crippen LogP contribution in [0.1, 0.15) is 43.2 Å². The summed E-state index contributed by atoms with van der Waals surface area (Å²) < 4.78 is 44.3. The van der Waals surface area contributed by atoms with Crippen molar-refractivity contribution in [2.45, 2.75) is 38.3 Å². The van der Waals surface area contributed by atoms with Crippen molar-refractivity contribution >= 4 is 6.08 Å². The van der Waals surface area contributed by atoms with Gasteiger partial charge in [-0.2, -0.15) is 13.2 Å². The molecule has 2 rings (SSSR count). The second kappa shape index (κ2) is 6.33. The Morgan fingerprint density at radius 1 is 1.20 bits per heavy atom. The van der Waals surface area contributed by atoms with E-state index >= 15 is 0 Å². The monoisotopic (exact) mass is 284 g/mol. The first kappa shape index (κ1) is 14.9. The van der Waals surface area contributed by atoms with Crippen LogP contribution < -0.4 is 4.74 Å². The van der Waals surface area contributed by atoms with Gasteiger partial charge in [0.1, 0.15) is 5.75 Å². The van der Waals surface area contributed by atoms with Gasteiger partial charge < -0.3 is 4.74 Å². The molecule has 110 valence electrons. The van der Waals surface area contributed by atoms with Gasteiger partial charge in [-0.1, -0.05) is 38.0 Å². The minimum absolute atomic E-state index is 0.0857. The Kier molecular flexibility index (Phi) is 4.73. The van der Waals surface area contributed by atoms with Crippen LogP contribution in [-0.4, -0.2) is 6.61 Å². The van der Waals surface area contributed by atoms with Crippen molar-refractivity contribution < 1.29 is 17.9 Å². The van der Waals surface area contributed by atoms with Crippen LogP contribution in [-0.2, 0) is 6.18 Å². The lowest BCUT2D eigenvalue weighted by Gasteiger charge is -2.22. The van der Waals surface area contributed by atoms with Gasteiger partial charge >= 0.3 is 6.18 Å². The minimum Gasteiger partial charge on any atom is -0.493 e. The molecule has 0 N–H and O–H groups in total. The molecule has 0 saturated heterocycles. The fraction of sp³-hybridized carbons (Fsp3) is 0.500. The molecule has 0 unspecified atom stereocenters. The van der Waals surface area contributed by atoms with E-state index in [9.17, 15) is 13.2 Å². The number of benzene rings is 1. The van der Waals surface area contributed by atoms with Crippen molar-refractivity contribution in [1.82, 2.24) is 0 Å². The lowest BCUT2D eigenvalue weighted by atomic mass is 9.90. The van der Waals surface area contributed by atoms with E-state index in [1.807, 2.05) is 0 Å². The maximum absolute atomic E-state index is 12.9. The Labute approximate surface area is 117 Å². The van der Waals surface area contributed by atoms with Crippen molar-refractivity contribution in [2.75, 3.05) is 6.61 Å². The summed E-state index contributed by atoms with van der Waals surface area (Å²) in [4.78, 5) is 0. The van der Waals surface area contributed by atoms with Gasteiger partial charge in [-0.15, -0.1) is 0 Å². The normalized spacial score (nSPS) is 16.9. The third-order valence-corrected chi connectivity index (χ3v) is 3.76. The van der Waals surface area contributed by atoms with Crippen LogP contribution in [0.25, 0.3) is 6.08 Å². The summed E-state index contributed by atoms with van der Waals surface area (Å²) in [6.45, 7) is 3.92. The van der Waals surface area contributed by atoms with Crippen LogP contribution in [0.5, 0.6) is 5.75 Å². The van der Waals surface area contributed by atoms with Crippen LogP contribution in [0.4, 0.5) is 13.2 Å². The molecule has 1 aliphatic carbocycles. The lowest BCUT2D eigenvalue weighted by molar-refractivity contribution is -0.137. The van der Waals surface area contributed by atoms with E-state index in [0.717, 1.165) is 18.9 Å². The van der Waals surface area contributed by atoms with Crippen molar-refractivity contribution in [3.8, 4) is 5.75 Å². The number of alkyl halides is 3. The standard InChI is InChI=1S/C16H19F3O/c1-2-13-8-9-14(10-15(13)16(17,18)19)20-11-12-6-4-3-5-7-12/h2,8-10,12H,1,3-7,11H2. The largest absolute Gasteiger partial charge is 0.493 e. The molecule has 1 aromatic carbocycles. The molecule has 1 nitrogen and oxygen atoms in total. The molecule has 0 heterocycles. The van der Waals surface area contributed by atoms with E-state index in [1.165, 1.54) is 31.4 Å². The van der Waals surface area contributed by atoms with Gasteiger partial charge in [0.15, 0.2) is 0 Å². The molecule has 0 atom stereocenters. The van der Waals surface area contributed by atoms with Gasteiger partial charge in [0, 0.05) is 0 Å². The third-order valence-electron chi connectivity index (χ3n) is 3.76. The molecule has 1 fully saturated rings. The van der Waals surface area contributed by atoms with Crippen molar-refractivity contribution in [3.05, 3.63) is 35.9 Å². The molecule has 0 amide bonds. The maximum atomic E-state index is 12.9. The molecule has 0 radical (unpaired) electrons. The summed E-state index contributed by atoms with van der Waals surface area (Å²) in [6, 6.07) is 4.06. The molecule has 4 heteroatoms. The van der Waals surface area contributed by atoms with Gasteiger partial charge in [-0.05, 0) is 36.5 Å². The molecular formula is C16H19F3O. The third kappa shape index (κ3) is 3.78. The molecule has 0 bridgehead atoms. The summed E-state index contributed by atoms with van der Waals surface area (Å²) in [5, 5.41) is 0. The molecule has 20 heavy (non-hydrogen) atoms. The van der Waals surface area contributed by atoms with Crippen LogP contribution >= 0.6 is 0 Å². The summed E-state index contributed by atoms with van der Waals surface area (Å²) in [6.07, 6.45) is 2.69. The topological polar surface area (TPSA) is 9.23 Å². The second-order valence-electron chi connectivity index (χ2n) is 5.27. The Hall–Kier alpha value is -1.45. The quantitative estimate of drug-likeness (QED) is 0.728. The summed E-state index contributed by atoms with van der Waals surface area (Å²) in [7, 11) is 0. The van der Waals surface area contributed by atoms with Crippen LogP contribution in [0.2, 0.25) is 0 Å². The Bertz CT molecular complexity index is 459. The average molecular weight is 284 g/mol. The summed E-state index contributed by atoms with van der Waals surface area (Å²) >= 11 is 0. The van der Waals surface area contributed by atoms with Gasteiger partial charge in [0.25, 0.3) is 0 Å². The summed E-state index contributed by atoms with van der Waals surface area (Å²) in [5.74, 6) is 0.755. The van der Waals surface area contributed by atoms with Crippen molar-refractivity contribution in [2.24, 2.45) is 5.92 Å². The minimum atomic E-state index is -4.38. The van der Waals surface area contributed by atoms with Gasteiger partial charge in [0.2, 0.25) is 0 Å². The number of halogens is 3. The first-order valence-corrected chi connectivity index (χ1v) is 6.97. The highest BCUT2D eigenvalue weighted by Gasteiger charge is 2.33. The van der Waals surface area contributed by atoms with E-state index in [-0.39, 0.29) is 11.3 Å². The molecule has 0 aliphatic heterocycles. The lowest BCUT2D eigenvalue weighted by Crippen LogP contribution is -2.15. The van der Waals surface area contributed by atoms with Crippen molar-refractivity contribution in [1.29, 1.82) is 0 Å². The molecule has 1 saturated carbocycles. The molecular weight excluding hydrogens is 265 g/mol. The van der Waals surface area contributed by atoms with E-state index in [0.29, 0.717) is 12.5 Å². The predicted octanol–water partition coefficient (Wildman–Crippen LogP) is 5.31. The van der Waals surface area contributed by atoms with Gasteiger partial charge in [-0.3, -0.25) is 0 Å². The fourth-order valence-corrected chi connectivity index (χ4v) is 2.62. The highest BCUT2D eigenvalue weighted by Crippen LogP contribution is 2.35. The summed E-state index contributed by atoms with van der Waals surface area (Å²) in [5.41, 5.74) is -0.601. The van der Waals surface area contributed by atoms with E-state index in [2.05, 4.69) is 6.58 Å². The molecule has 0 aromatic heterocycles. The Morgan fingerprint density at radius 2 is 1.90 bits per heavy atom. The number of ether oxygens (including phenoxy) is 1. The van der Waals surface area contributed by atoms with E-state index in [4.69, 9.17) is 4.74 Å². The Balaban J connectivity index is 2.06. The number of rotatable bonds is 4. The van der Waals surface area contributed by atoms with Crippen LogP contribution in [0.3, 0.4) is 0 Å². The van der Waals surface area contributed by atoms with Crippen molar-refractivity contribution in [3.63, 3.8) is 0 Å². The predicted molar refractivity (Wildman–Crippen MR) is 73.6 cm³/mol. The molecule has 0 spiro atoms. The SMILES string of the molecule is C=Cc1ccc(OCC2CCCCC2)cc1C(F)(F)F. The molecule has 1 aliphatic rings. The van der Waals surface area contributed by atoms with Gasteiger partial charge in [0.05, 0.1) is 12.2 Å². The van der Waals surface area contributed by atoms with Crippen LogP contribution in [0, 0.1) is 5.92 Å². The number of hydrogen-bond donors (Lipinski definition) is 0. The zero-order valence-corrected chi connectivity index (χ0v) is 11.4. The highest BCUT2D eigenvalue weighted by atomic mass is 19.4. The first-order chi connectivity index (χ1) is 9.50. The van der Waals surface area contributed by atoms with Gasteiger partial charge in [-0.25, -0.2) is 0 Å². The highest BCUT2D eigenvalue weighted by molar-refractivity contribution is 5.55. The Morgan fingerprint density at radius 3 is 2.50 bits per heavy atom. The number of hydrogen-bond acceptors (Lipinski definition) is 1. The van der Waals surface area contributed by atoms with Crippen LogP contribution in [0.15, 0.2) is 24.8 Å². The first-order valence-electron chi connectivity index (χ1n) is 6.97. The fourth-order valence-electron chi connectivity index (χ4n) is 2.62. The van der Waals surface area contributed by atoms with E-state index in [1.54, 1.807) is 6.07 Å². The zero-order valence-electron chi connectivity index (χ0n) is 11.4. The maximum Gasteiger partial charge on any atom is 0.417 e. The zero-order chi connectivity index (χ0) is 14.6. The average Bonchev–Trinajstić information content (AvgIpc) is 2.45. The second-order valence-corrected chi connectivity index (χ2v) is 5.27. The smallest absolute Gasteiger partial charge is 0.417 e. The molecule has 1 aromatic rings. The van der Waals surface area contributed by atoms with E-state index < -0.39 is 11.7 Å².